The molecule has 0 aliphatic rings. The minimum Gasteiger partial charge on any atom is -0.330 e. The van der Waals surface area contributed by atoms with E-state index in [4.69, 9.17) is 0 Å². The van der Waals surface area contributed by atoms with Crippen LogP contribution < -0.4 is 0 Å². The lowest BCUT2D eigenvalue weighted by Crippen LogP contribution is -1.93. The summed E-state index contributed by atoms with van der Waals surface area (Å²) in [7, 11) is 2.06. The van der Waals surface area contributed by atoms with Gasteiger partial charge in [0.2, 0.25) is 0 Å². The smallest absolute Gasteiger partial charge is 0.119 e. The summed E-state index contributed by atoms with van der Waals surface area (Å²) < 4.78 is 3.10. The van der Waals surface area contributed by atoms with E-state index in [1.165, 1.54) is 5.52 Å². The number of fused-ring (bicyclic) bond motifs is 1. The second kappa shape index (κ2) is 3.05. The fourth-order valence-corrected chi connectivity index (χ4v) is 2.00. The lowest BCUT2D eigenvalue weighted by atomic mass is 10.3. The van der Waals surface area contributed by atoms with Gasteiger partial charge in [-0.05, 0) is 12.1 Å². The van der Waals surface area contributed by atoms with Gasteiger partial charge in [-0.15, -0.1) is 0 Å². The summed E-state index contributed by atoms with van der Waals surface area (Å²) in [5, 5.41) is 0. The van der Waals surface area contributed by atoms with Crippen molar-refractivity contribution >= 4 is 33.6 Å². The fraction of sp³-hybridized carbons (Fsp3) is 0.222. The summed E-state index contributed by atoms with van der Waals surface area (Å²) in [6.45, 7) is 0. The monoisotopic (exact) mass is 272 g/mol. The van der Waals surface area contributed by atoms with Crippen molar-refractivity contribution < 1.29 is 0 Å². The van der Waals surface area contributed by atoms with Crippen molar-refractivity contribution in [1.82, 2.24) is 9.55 Å². The van der Waals surface area contributed by atoms with Crippen LogP contribution in [0.4, 0.5) is 0 Å². The molecule has 0 aliphatic carbocycles. The molecule has 62 valence electrons. The normalized spacial score (nSPS) is 10.8. The van der Waals surface area contributed by atoms with Gasteiger partial charge in [-0.2, -0.15) is 0 Å². The van der Waals surface area contributed by atoms with Crippen molar-refractivity contribution in [1.29, 1.82) is 0 Å². The zero-order valence-electron chi connectivity index (χ0n) is 6.79. The molecule has 0 bridgehead atoms. The second-order valence-electron chi connectivity index (χ2n) is 2.71. The molecular weight excluding hydrogens is 263 g/mol. The van der Waals surface area contributed by atoms with Gasteiger partial charge in [0.15, 0.2) is 0 Å². The summed E-state index contributed by atoms with van der Waals surface area (Å²) in [6, 6.07) is 8.20. The molecule has 1 heterocycles. The predicted molar refractivity (Wildman–Crippen MR) is 58.4 cm³/mol. The number of hydrogen-bond donors (Lipinski definition) is 0. The molecule has 2 rings (SSSR count). The van der Waals surface area contributed by atoms with E-state index < -0.39 is 0 Å². The molecule has 0 amide bonds. The highest BCUT2D eigenvalue weighted by Gasteiger charge is 2.03. The number of imidazole rings is 1. The van der Waals surface area contributed by atoms with Gasteiger partial charge in [-0.3, -0.25) is 0 Å². The molecule has 0 unspecified atom stereocenters. The van der Waals surface area contributed by atoms with Crippen LogP contribution in [0.15, 0.2) is 24.3 Å². The topological polar surface area (TPSA) is 17.8 Å². The SMILES string of the molecule is Cn1c(CI)nc2ccccc21. The van der Waals surface area contributed by atoms with Gasteiger partial charge in [-0.25, -0.2) is 4.98 Å². The second-order valence-corrected chi connectivity index (χ2v) is 3.47. The minimum absolute atomic E-state index is 0.961. The van der Waals surface area contributed by atoms with Crippen LogP contribution in [0.25, 0.3) is 11.0 Å². The van der Waals surface area contributed by atoms with Gasteiger partial charge in [-0.1, -0.05) is 34.7 Å². The average Bonchev–Trinajstić information content (AvgIpc) is 2.44. The number of para-hydroxylation sites is 2. The Morgan fingerprint density at radius 1 is 1.42 bits per heavy atom. The van der Waals surface area contributed by atoms with Gasteiger partial charge in [0, 0.05) is 7.05 Å². The summed E-state index contributed by atoms with van der Waals surface area (Å²) >= 11 is 2.33. The van der Waals surface area contributed by atoms with E-state index in [-0.39, 0.29) is 0 Å². The Balaban J connectivity index is 2.78. The van der Waals surface area contributed by atoms with E-state index in [2.05, 4.69) is 45.3 Å². The van der Waals surface area contributed by atoms with E-state index in [0.29, 0.717) is 0 Å². The van der Waals surface area contributed by atoms with Gasteiger partial charge in [0.1, 0.15) is 5.82 Å². The van der Waals surface area contributed by atoms with Crippen molar-refractivity contribution in [2.24, 2.45) is 7.05 Å². The Hall–Kier alpha value is -0.580. The lowest BCUT2D eigenvalue weighted by molar-refractivity contribution is 0.882. The maximum absolute atomic E-state index is 4.49. The van der Waals surface area contributed by atoms with Crippen molar-refractivity contribution in [2.75, 3.05) is 0 Å². The van der Waals surface area contributed by atoms with E-state index in [0.717, 1.165) is 15.8 Å². The highest BCUT2D eigenvalue weighted by molar-refractivity contribution is 14.1. The molecule has 0 radical (unpaired) electrons. The van der Waals surface area contributed by atoms with Crippen LogP contribution in [0.5, 0.6) is 0 Å². The molecule has 0 N–H and O–H groups in total. The first-order valence-electron chi connectivity index (χ1n) is 3.79. The fourth-order valence-electron chi connectivity index (χ4n) is 1.31. The summed E-state index contributed by atoms with van der Waals surface area (Å²) in [5.41, 5.74) is 2.30. The summed E-state index contributed by atoms with van der Waals surface area (Å²) in [4.78, 5) is 4.49. The van der Waals surface area contributed by atoms with Crippen LogP contribution in [0.3, 0.4) is 0 Å². The highest BCUT2D eigenvalue weighted by Crippen LogP contribution is 2.15. The highest BCUT2D eigenvalue weighted by atomic mass is 127. The van der Waals surface area contributed by atoms with E-state index in [1.54, 1.807) is 0 Å². The van der Waals surface area contributed by atoms with Crippen LogP contribution in [-0.4, -0.2) is 9.55 Å². The summed E-state index contributed by atoms with van der Waals surface area (Å²) in [5.74, 6) is 1.14. The molecule has 1 aromatic heterocycles. The van der Waals surface area contributed by atoms with Gasteiger partial charge in [0.25, 0.3) is 0 Å². The first kappa shape index (κ1) is 8.04. The van der Waals surface area contributed by atoms with Crippen LogP contribution in [0, 0.1) is 0 Å². The molecule has 0 aliphatic heterocycles. The summed E-state index contributed by atoms with van der Waals surface area (Å²) in [6.07, 6.45) is 0. The maximum atomic E-state index is 4.49. The number of alkyl halides is 1. The van der Waals surface area contributed by atoms with Crippen molar-refractivity contribution in [2.45, 2.75) is 4.43 Å². The predicted octanol–water partition coefficient (Wildman–Crippen LogP) is 2.51. The third kappa shape index (κ3) is 1.12. The third-order valence-corrected chi connectivity index (χ3v) is 2.68. The molecule has 1 aromatic carbocycles. The molecule has 2 aromatic rings. The van der Waals surface area contributed by atoms with Crippen molar-refractivity contribution in [3.8, 4) is 0 Å². The van der Waals surface area contributed by atoms with Crippen LogP contribution in [-0.2, 0) is 11.5 Å². The third-order valence-electron chi connectivity index (χ3n) is 2.00. The molecule has 2 nitrogen and oxygen atoms in total. The van der Waals surface area contributed by atoms with Crippen molar-refractivity contribution in [3.63, 3.8) is 0 Å². The van der Waals surface area contributed by atoms with Crippen LogP contribution >= 0.6 is 22.6 Å². The van der Waals surface area contributed by atoms with Gasteiger partial charge < -0.3 is 4.57 Å². The number of aryl methyl sites for hydroxylation is 1. The number of hydrogen-bond acceptors (Lipinski definition) is 1. The zero-order chi connectivity index (χ0) is 8.55. The maximum Gasteiger partial charge on any atom is 0.119 e. The van der Waals surface area contributed by atoms with Gasteiger partial charge >= 0.3 is 0 Å². The number of aromatic nitrogens is 2. The number of halogens is 1. The van der Waals surface area contributed by atoms with E-state index in [9.17, 15) is 0 Å². The Labute approximate surface area is 84.7 Å². The standard InChI is InChI=1S/C9H9IN2/c1-12-8-5-3-2-4-7(8)11-9(12)6-10/h2-5H,6H2,1H3. The van der Waals surface area contributed by atoms with Crippen molar-refractivity contribution in [3.05, 3.63) is 30.1 Å². The Morgan fingerprint density at radius 2 is 2.17 bits per heavy atom. The molecule has 0 saturated heterocycles. The molecule has 0 spiro atoms. The number of rotatable bonds is 1. The Kier molecular flexibility index (Phi) is 2.04. The Morgan fingerprint density at radius 3 is 2.83 bits per heavy atom. The first-order chi connectivity index (χ1) is 5.83. The molecule has 0 atom stereocenters. The zero-order valence-corrected chi connectivity index (χ0v) is 8.95. The Bertz CT molecular complexity index is 406. The number of nitrogens with zero attached hydrogens (tertiary/aromatic N) is 2. The van der Waals surface area contributed by atoms with E-state index >= 15 is 0 Å². The molecule has 0 saturated carbocycles. The van der Waals surface area contributed by atoms with E-state index in [1.807, 2.05) is 18.2 Å². The molecule has 0 fully saturated rings. The molecule has 3 heteroatoms. The number of benzene rings is 1. The van der Waals surface area contributed by atoms with Crippen LogP contribution in [0.2, 0.25) is 0 Å². The first-order valence-corrected chi connectivity index (χ1v) is 5.32. The van der Waals surface area contributed by atoms with Gasteiger partial charge in [0.05, 0.1) is 15.5 Å². The minimum atomic E-state index is 0.961. The quantitative estimate of drug-likeness (QED) is 0.576. The largest absolute Gasteiger partial charge is 0.330 e. The van der Waals surface area contributed by atoms with Crippen LogP contribution in [0.1, 0.15) is 5.82 Å². The average molecular weight is 272 g/mol. The molecular formula is C9H9IN2. The lowest BCUT2D eigenvalue weighted by Gasteiger charge is -1.96. The molecule has 12 heavy (non-hydrogen) atoms.